The first kappa shape index (κ1) is 13.6. The molecule has 0 heterocycles. The summed E-state index contributed by atoms with van der Waals surface area (Å²) < 4.78 is 0. The average molecular weight is 274 g/mol. The quantitative estimate of drug-likeness (QED) is 0.838. The van der Waals surface area contributed by atoms with E-state index in [-0.39, 0.29) is 5.91 Å². The van der Waals surface area contributed by atoms with Crippen molar-refractivity contribution < 1.29 is 4.79 Å². The van der Waals surface area contributed by atoms with Crippen molar-refractivity contribution in [2.45, 2.75) is 13.3 Å². The lowest BCUT2D eigenvalue weighted by Crippen LogP contribution is -2.11. The number of carbonyl (C=O) groups excluding carboxylic acids is 1. The van der Waals surface area contributed by atoms with Gasteiger partial charge in [0.25, 0.3) is 5.91 Å². The second-order valence-electron chi connectivity index (χ2n) is 4.46. The maximum atomic E-state index is 12.0. The second kappa shape index (κ2) is 6.39. The monoisotopic (exact) mass is 273 g/mol. The van der Waals surface area contributed by atoms with Gasteiger partial charge < -0.3 is 5.32 Å². The Labute approximate surface area is 118 Å². The smallest absolute Gasteiger partial charge is 0.255 e. The average Bonchev–Trinajstić information content (AvgIpc) is 2.41. The third-order valence-electron chi connectivity index (χ3n) is 2.88. The van der Waals surface area contributed by atoms with Crippen LogP contribution in [0.3, 0.4) is 0 Å². The summed E-state index contributed by atoms with van der Waals surface area (Å²) in [6.45, 7) is 1.97. The molecule has 2 nitrogen and oxygen atoms in total. The molecule has 2 rings (SSSR count). The van der Waals surface area contributed by atoms with Gasteiger partial charge in [-0.1, -0.05) is 29.8 Å². The van der Waals surface area contributed by atoms with Gasteiger partial charge in [-0.15, -0.1) is 11.6 Å². The van der Waals surface area contributed by atoms with Gasteiger partial charge in [-0.05, 0) is 43.2 Å². The maximum Gasteiger partial charge on any atom is 0.255 e. The van der Waals surface area contributed by atoms with Crippen LogP contribution in [0.15, 0.2) is 48.5 Å². The van der Waals surface area contributed by atoms with Crippen molar-refractivity contribution in [2.75, 3.05) is 11.2 Å². The van der Waals surface area contributed by atoms with Crippen LogP contribution in [0.4, 0.5) is 5.69 Å². The Bertz CT molecular complexity index is 563. The summed E-state index contributed by atoms with van der Waals surface area (Å²) in [6, 6.07) is 15.3. The van der Waals surface area contributed by atoms with E-state index in [0.717, 1.165) is 17.7 Å². The molecule has 2 aromatic carbocycles. The van der Waals surface area contributed by atoms with Crippen molar-refractivity contribution in [2.24, 2.45) is 0 Å². The molecule has 0 unspecified atom stereocenters. The topological polar surface area (TPSA) is 29.1 Å². The normalized spacial score (nSPS) is 10.2. The number of benzene rings is 2. The van der Waals surface area contributed by atoms with E-state index in [1.807, 2.05) is 55.5 Å². The van der Waals surface area contributed by atoms with Gasteiger partial charge in [-0.25, -0.2) is 0 Å². The first-order chi connectivity index (χ1) is 9.19. The second-order valence-corrected chi connectivity index (χ2v) is 4.84. The predicted molar refractivity (Wildman–Crippen MR) is 80.0 cm³/mol. The summed E-state index contributed by atoms with van der Waals surface area (Å²) in [6.07, 6.45) is 0.841. The molecule has 1 N–H and O–H groups in total. The molecule has 3 heteroatoms. The van der Waals surface area contributed by atoms with Crippen LogP contribution in [-0.2, 0) is 6.42 Å². The molecular weight excluding hydrogens is 258 g/mol. The number of anilines is 1. The lowest BCUT2D eigenvalue weighted by Gasteiger charge is -2.06. The number of rotatable bonds is 4. The van der Waals surface area contributed by atoms with E-state index >= 15 is 0 Å². The van der Waals surface area contributed by atoms with Crippen LogP contribution < -0.4 is 5.32 Å². The summed E-state index contributed by atoms with van der Waals surface area (Å²) in [4.78, 5) is 12.0. The Balaban J connectivity index is 2.06. The van der Waals surface area contributed by atoms with Gasteiger partial charge in [-0.2, -0.15) is 0 Å². The first-order valence-electron chi connectivity index (χ1n) is 6.22. The summed E-state index contributed by atoms with van der Waals surface area (Å²) >= 11 is 5.69. The van der Waals surface area contributed by atoms with Crippen molar-refractivity contribution in [1.29, 1.82) is 0 Å². The SMILES string of the molecule is Cc1cccc(C(=O)Nc2ccc(CCCl)cc2)c1. The van der Waals surface area contributed by atoms with Gasteiger partial charge >= 0.3 is 0 Å². The summed E-state index contributed by atoms with van der Waals surface area (Å²) in [5.74, 6) is 0.517. The molecule has 19 heavy (non-hydrogen) atoms. The molecule has 0 aromatic heterocycles. The number of carbonyl (C=O) groups is 1. The van der Waals surface area contributed by atoms with Crippen molar-refractivity contribution in [3.63, 3.8) is 0 Å². The highest BCUT2D eigenvalue weighted by atomic mass is 35.5. The molecule has 0 saturated carbocycles. The molecule has 0 bridgehead atoms. The number of alkyl halides is 1. The zero-order chi connectivity index (χ0) is 13.7. The van der Waals surface area contributed by atoms with Gasteiger partial charge in [0.1, 0.15) is 0 Å². The fourth-order valence-electron chi connectivity index (χ4n) is 1.85. The Hall–Kier alpha value is -1.80. The Morgan fingerprint density at radius 3 is 2.53 bits per heavy atom. The summed E-state index contributed by atoms with van der Waals surface area (Å²) in [5.41, 5.74) is 3.71. The molecule has 2 aromatic rings. The third-order valence-corrected chi connectivity index (χ3v) is 3.06. The van der Waals surface area contributed by atoms with E-state index < -0.39 is 0 Å². The molecule has 0 saturated heterocycles. The fraction of sp³-hybridized carbons (Fsp3) is 0.188. The Morgan fingerprint density at radius 1 is 1.16 bits per heavy atom. The van der Waals surface area contributed by atoms with E-state index in [1.54, 1.807) is 0 Å². The van der Waals surface area contributed by atoms with Crippen LogP contribution in [0.2, 0.25) is 0 Å². The molecule has 0 spiro atoms. The van der Waals surface area contributed by atoms with Crippen molar-refractivity contribution >= 4 is 23.2 Å². The number of halogens is 1. The summed E-state index contributed by atoms with van der Waals surface area (Å²) in [5, 5.41) is 2.88. The van der Waals surface area contributed by atoms with Crippen LogP contribution >= 0.6 is 11.6 Å². The van der Waals surface area contributed by atoms with Crippen molar-refractivity contribution in [1.82, 2.24) is 0 Å². The van der Waals surface area contributed by atoms with Crippen LogP contribution in [0.25, 0.3) is 0 Å². The molecule has 0 aliphatic heterocycles. The first-order valence-corrected chi connectivity index (χ1v) is 6.75. The van der Waals surface area contributed by atoms with Crippen LogP contribution in [0.5, 0.6) is 0 Å². The fourth-order valence-corrected chi connectivity index (χ4v) is 2.07. The van der Waals surface area contributed by atoms with E-state index in [0.29, 0.717) is 11.4 Å². The minimum atomic E-state index is -0.0891. The van der Waals surface area contributed by atoms with Gasteiger partial charge in [0.05, 0.1) is 0 Å². The van der Waals surface area contributed by atoms with Crippen molar-refractivity contribution in [3.8, 4) is 0 Å². The predicted octanol–water partition coefficient (Wildman–Crippen LogP) is 4.03. The lowest BCUT2D eigenvalue weighted by atomic mass is 10.1. The number of aryl methyl sites for hydroxylation is 2. The zero-order valence-corrected chi connectivity index (χ0v) is 11.6. The molecule has 0 radical (unpaired) electrons. The molecule has 98 valence electrons. The molecule has 0 atom stereocenters. The van der Waals surface area contributed by atoms with E-state index in [2.05, 4.69) is 5.32 Å². The largest absolute Gasteiger partial charge is 0.322 e. The zero-order valence-electron chi connectivity index (χ0n) is 10.8. The summed E-state index contributed by atoms with van der Waals surface area (Å²) in [7, 11) is 0. The number of nitrogens with one attached hydrogen (secondary N) is 1. The molecular formula is C16H16ClNO. The van der Waals surface area contributed by atoms with Crippen molar-refractivity contribution in [3.05, 3.63) is 65.2 Å². The minimum absolute atomic E-state index is 0.0891. The Kier molecular flexibility index (Phi) is 4.58. The maximum absolute atomic E-state index is 12.0. The van der Waals surface area contributed by atoms with E-state index in [9.17, 15) is 4.79 Å². The lowest BCUT2D eigenvalue weighted by molar-refractivity contribution is 0.102. The van der Waals surface area contributed by atoms with E-state index in [4.69, 9.17) is 11.6 Å². The molecule has 1 amide bonds. The molecule has 0 fully saturated rings. The highest BCUT2D eigenvalue weighted by molar-refractivity contribution is 6.18. The molecule has 0 aliphatic rings. The number of hydrogen-bond donors (Lipinski definition) is 1. The highest BCUT2D eigenvalue weighted by Crippen LogP contribution is 2.13. The molecule has 0 aliphatic carbocycles. The standard InChI is InChI=1S/C16H16ClNO/c1-12-3-2-4-14(11-12)16(19)18-15-7-5-13(6-8-15)9-10-17/h2-8,11H,9-10H2,1H3,(H,18,19). The highest BCUT2D eigenvalue weighted by Gasteiger charge is 2.05. The Morgan fingerprint density at radius 2 is 1.89 bits per heavy atom. The third kappa shape index (κ3) is 3.83. The van der Waals surface area contributed by atoms with E-state index in [1.165, 1.54) is 5.56 Å². The van der Waals surface area contributed by atoms with Gasteiger partial charge in [0.2, 0.25) is 0 Å². The van der Waals surface area contributed by atoms with Gasteiger partial charge in [0.15, 0.2) is 0 Å². The minimum Gasteiger partial charge on any atom is -0.322 e. The van der Waals surface area contributed by atoms with Gasteiger partial charge in [0, 0.05) is 17.1 Å². The van der Waals surface area contributed by atoms with Crippen LogP contribution in [0, 0.1) is 6.92 Å². The van der Waals surface area contributed by atoms with Crippen LogP contribution in [-0.4, -0.2) is 11.8 Å². The number of hydrogen-bond acceptors (Lipinski definition) is 1. The van der Waals surface area contributed by atoms with Crippen LogP contribution in [0.1, 0.15) is 21.5 Å². The number of amides is 1. The van der Waals surface area contributed by atoms with Gasteiger partial charge in [-0.3, -0.25) is 4.79 Å².